The van der Waals surface area contributed by atoms with Crippen molar-refractivity contribution in [1.82, 2.24) is 0 Å². The predicted octanol–water partition coefficient (Wildman–Crippen LogP) is 1.89. The zero-order valence-electron chi connectivity index (χ0n) is 8.78. The van der Waals surface area contributed by atoms with Gasteiger partial charge in [0.1, 0.15) is 5.75 Å². The Balaban J connectivity index is 3.03. The number of ether oxygens (including phenoxy) is 2. The van der Waals surface area contributed by atoms with Crippen molar-refractivity contribution in [2.75, 3.05) is 14.2 Å². The summed E-state index contributed by atoms with van der Waals surface area (Å²) in [5.41, 5.74) is 1.84. The van der Waals surface area contributed by atoms with E-state index in [1.807, 2.05) is 18.2 Å². The molecule has 1 rings (SSSR count). The van der Waals surface area contributed by atoms with E-state index in [1.165, 1.54) is 0 Å². The van der Waals surface area contributed by atoms with Crippen LogP contribution in [0.25, 0.3) is 0 Å². The lowest BCUT2D eigenvalue weighted by Gasteiger charge is -2.12. The van der Waals surface area contributed by atoms with Crippen LogP contribution in [0.3, 0.4) is 0 Å². The maximum absolute atomic E-state index is 9.50. The van der Waals surface area contributed by atoms with Crippen molar-refractivity contribution in [1.29, 1.82) is 0 Å². The molecule has 0 saturated heterocycles. The molecule has 0 spiro atoms. The van der Waals surface area contributed by atoms with E-state index in [1.54, 1.807) is 21.1 Å². The number of methoxy groups -OCH3 is 2. The van der Waals surface area contributed by atoms with Crippen LogP contribution in [0.15, 0.2) is 18.2 Å². The molecular formula is C11H16O3. The second-order valence-corrected chi connectivity index (χ2v) is 3.17. The van der Waals surface area contributed by atoms with Crippen LogP contribution in [0.5, 0.6) is 5.75 Å². The van der Waals surface area contributed by atoms with Crippen molar-refractivity contribution < 1.29 is 14.6 Å². The van der Waals surface area contributed by atoms with Crippen LogP contribution in [0.2, 0.25) is 0 Å². The van der Waals surface area contributed by atoms with Gasteiger partial charge in [-0.05, 0) is 30.2 Å². The van der Waals surface area contributed by atoms with Crippen molar-refractivity contribution in [2.45, 2.75) is 19.6 Å². The third kappa shape index (κ3) is 2.47. The molecule has 3 nitrogen and oxygen atoms in total. The third-order valence-electron chi connectivity index (χ3n) is 2.10. The maximum atomic E-state index is 9.50. The average Bonchev–Trinajstić information content (AvgIpc) is 2.17. The Morgan fingerprint density at radius 2 is 2.07 bits per heavy atom. The first-order chi connectivity index (χ1) is 6.69. The van der Waals surface area contributed by atoms with E-state index in [4.69, 9.17) is 9.47 Å². The number of aliphatic hydroxyl groups excluding tert-OH is 1. The molecule has 1 unspecified atom stereocenters. The van der Waals surface area contributed by atoms with Gasteiger partial charge in [-0.3, -0.25) is 0 Å². The largest absolute Gasteiger partial charge is 0.497 e. The smallest absolute Gasteiger partial charge is 0.119 e. The molecule has 0 aliphatic heterocycles. The van der Waals surface area contributed by atoms with Crippen molar-refractivity contribution in [3.8, 4) is 5.75 Å². The highest BCUT2D eigenvalue weighted by Crippen LogP contribution is 2.23. The fourth-order valence-electron chi connectivity index (χ4n) is 1.40. The van der Waals surface area contributed by atoms with E-state index in [9.17, 15) is 5.11 Å². The van der Waals surface area contributed by atoms with E-state index in [-0.39, 0.29) is 0 Å². The third-order valence-corrected chi connectivity index (χ3v) is 2.10. The first-order valence-electron chi connectivity index (χ1n) is 4.53. The lowest BCUT2D eigenvalue weighted by Crippen LogP contribution is -2.00. The normalized spacial score (nSPS) is 12.6. The molecule has 0 saturated carbocycles. The summed E-state index contributed by atoms with van der Waals surface area (Å²) >= 11 is 0. The molecule has 1 N–H and O–H groups in total. The Morgan fingerprint density at radius 3 is 2.57 bits per heavy atom. The number of hydrogen-bond donors (Lipinski definition) is 1. The molecular weight excluding hydrogens is 180 g/mol. The summed E-state index contributed by atoms with van der Waals surface area (Å²) in [5, 5.41) is 9.50. The van der Waals surface area contributed by atoms with Crippen molar-refractivity contribution in [2.24, 2.45) is 0 Å². The summed E-state index contributed by atoms with van der Waals surface area (Å²) in [4.78, 5) is 0. The van der Waals surface area contributed by atoms with Crippen LogP contribution in [0.1, 0.15) is 24.2 Å². The quantitative estimate of drug-likeness (QED) is 0.799. The van der Waals surface area contributed by atoms with E-state index in [0.717, 1.165) is 16.9 Å². The van der Waals surface area contributed by atoms with Crippen LogP contribution in [-0.2, 0) is 11.3 Å². The minimum Gasteiger partial charge on any atom is -0.497 e. The standard InChI is InChI=1S/C11H16O3/c1-8(12)11-5-4-10(14-3)6-9(11)7-13-2/h4-6,8,12H,7H2,1-3H3. The molecule has 0 bridgehead atoms. The van der Waals surface area contributed by atoms with Gasteiger partial charge in [-0.1, -0.05) is 6.07 Å². The van der Waals surface area contributed by atoms with Gasteiger partial charge < -0.3 is 14.6 Å². The van der Waals surface area contributed by atoms with Gasteiger partial charge in [-0.25, -0.2) is 0 Å². The van der Waals surface area contributed by atoms with Crippen LogP contribution >= 0.6 is 0 Å². The Kier molecular flexibility index (Phi) is 3.92. The summed E-state index contributed by atoms with van der Waals surface area (Å²) in [5.74, 6) is 0.779. The molecule has 0 aliphatic rings. The van der Waals surface area contributed by atoms with Gasteiger partial charge in [0.15, 0.2) is 0 Å². The highest BCUT2D eigenvalue weighted by molar-refractivity contribution is 5.36. The molecule has 14 heavy (non-hydrogen) atoms. The lowest BCUT2D eigenvalue weighted by molar-refractivity contribution is 0.170. The van der Waals surface area contributed by atoms with Gasteiger partial charge in [-0.2, -0.15) is 0 Å². The molecule has 0 aliphatic carbocycles. The maximum Gasteiger partial charge on any atom is 0.119 e. The van der Waals surface area contributed by atoms with Gasteiger partial charge in [0, 0.05) is 7.11 Å². The van der Waals surface area contributed by atoms with E-state index >= 15 is 0 Å². The molecule has 1 atom stereocenters. The molecule has 0 radical (unpaired) electrons. The first-order valence-corrected chi connectivity index (χ1v) is 4.53. The Hall–Kier alpha value is -1.06. The Labute approximate surface area is 84.3 Å². The lowest BCUT2D eigenvalue weighted by atomic mass is 10.0. The fourth-order valence-corrected chi connectivity index (χ4v) is 1.40. The van der Waals surface area contributed by atoms with Gasteiger partial charge in [-0.15, -0.1) is 0 Å². The van der Waals surface area contributed by atoms with Crippen LogP contribution in [0, 0.1) is 0 Å². The second-order valence-electron chi connectivity index (χ2n) is 3.17. The summed E-state index contributed by atoms with van der Waals surface area (Å²) in [6.07, 6.45) is -0.481. The number of hydrogen-bond acceptors (Lipinski definition) is 3. The molecule has 0 amide bonds. The van der Waals surface area contributed by atoms with Gasteiger partial charge >= 0.3 is 0 Å². The van der Waals surface area contributed by atoms with Crippen molar-refractivity contribution in [3.05, 3.63) is 29.3 Å². The van der Waals surface area contributed by atoms with Gasteiger partial charge in [0.05, 0.1) is 19.8 Å². The highest BCUT2D eigenvalue weighted by Gasteiger charge is 2.08. The summed E-state index contributed by atoms with van der Waals surface area (Å²) in [6, 6.07) is 5.57. The van der Waals surface area contributed by atoms with Crippen LogP contribution < -0.4 is 4.74 Å². The zero-order chi connectivity index (χ0) is 10.6. The molecule has 78 valence electrons. The molecule has 0 heterocycles. The van der Waals surface area contributed by atoms with E-state index < -0.39 is 6.10 Å². The summed E-state index contributed by atoms with van der Waals surface area (Å²) in [7, 11) is 3.25. The van der Waals surface area contributed by atoms with Gasteiger partial charge in [0.2, 0.25) is 0 Å². The Morgan fingerprint density at radius 1 is 1.36 bits per heavy atom. The second kappa shape index (κ2) is 4.98. The first kappa shape index (κ1) is 11.0. The van der Waals surface area contributed by atoms with Gasteiger partial charge in [0.25, 0.3) is 0 Å². The monoisotopic (exact) mass is 196 g/mol. The SMILES string of the molecule is COCc1cc(OC)ccc1C(C)O. The number of rotatable bonds is 4. The number of aliphatic hydroxyl groups is 1. The van der Waals surface area contributed by atoms with E-state index in [2.05, 4.69) is 0 Å². The highest BCUT2D eigenvalue weighted by atomic mass is 16.5. The molecule has 1 aromatic carbocycles. The molecule has 3 heteroatoms. The molecule has 0 aromatic heterocycles. The minimum absolute atomic E-state index is 0.481. The summed E-state index contributed by atoms with van der Waals surface area (Å²) < 4.78 is 10.2. The van der Waals surface area contributed by atoms with Crippen LogP contribution in [-0.4, -0.2) is 19.3 Å². The molecule has 1 aromatic rings. The van der Waals surface area contributed by atoms with Crippen molar-refractivity contribution >= 4 is 0 Å². The summed E-state index contributed by atoms with van der Waals surface area (Å²) in [6.45, 7) is 2.22. The Bertz CT molecular complexity index is 295. The predicted molar refractivity (Wildman–Crippen MR) is 54.3 cm³/mol. The minimum atomic E-state index is -0.481. The van der Waals surface area contributed by atoms with E-state index in [0.29, 0.717) is 6.61 Å². The average molecular weight is 196 g/mol. The number of benzene rings is 1. The molecule has 0 fully saturated rings. The fraction of sp³-hybridized carbons (Fsp3) is 0.455. The topological polar surface area (TPSA) is 38.7 Å². The van der Waals surface area contributed by atoms with Crippen LogP contribution in [0.4, 0.5) is 0 Å². The zero-order valence-corrected chi connectivity index (χ0v) is 8.78. The van der Waals surface area contributed by atoms with Crippen molar-refractivity contribution in [3.63, 3.8) is 0 Å².